The van der Waals surface area contributed by atoms with E-state index in [1.807, 2.05) is 101 Å². The molecular formula is C94H102N8O4+4. The van der Waals surface area contributed by atoms with Gasteiger partial charge in [-0.2, -0.15) is 0 Å². The van der Waals surface area contributed by atoms with E-state index < -0.39 is 71.5 Å². The summed E-state index contributed by atoms with van der Waals surface area (Å²) in [6.45, 7) is 0.295. The minimum absolute atomic E-state index is 0.0338. The van der Waals surface area contributed by atoms with Crippen LogP contribution in [0.15, 0.2) is 188 Å². The van der Waals surface area contributed by atoms with Crippen molar-refractivity contribution >= 4 is 88.3 Å². The van der Waals surface area contributed by atoms with Gasteiger partial charge < -0.3 is 17.7 Å². The SMILES string of the molecule is [2H]C([2H])([2H])c1ccc(-c2c(C)ccc3c2oc2nc(C(C)(C)C)ccc23)[n+](C)c1.[2H]C([2H])([2H])c1ccc(-c2c(C)ccc3c2oc2nc(C4([2H])CCCC4([2H])[2H])ccc23)[n+](C)c1.[2H]C([2H])([2H])c1ccc(-c2c(C)ccc3c2oc2nc(CC(C)(C([2H])([2H])[2H])C([2H])([2H])[2H])ccc23)[n+](C)c1.[2H]C([2H])([2H])c1ccc(-c2c(C)ccc3c2oc2nc(CC([2H])(C)C([2H])([2H])[2H])ccc23)[n+](C)c1. The van der Waals surface area contributed by atoms with Crippen molar-refractivity contribution in [2.24, 2.45) is 39.5 Å². The summed E-state index contributed by atoms with van der Waals surface area (Å²) in [6.07, 6.45) is 5.94. The lowest BCUT2D eigenvalue weighted by Crippen LogP contribution is -2.31. The lowest BCUT2D eigenvalue weighted by atomic mass is 9.90. The summed E-state index contributed by atoms with van der Waals surface area (Å²) in [4.78, 5) is 18.4. The number of benzene rings is 4. The van der Waals surface area contributed by atoms with Crippen molar-refractivity contribution in [1.82, 2.24) is 19.9 Å². The zero-order valence-electron chi connectivity index (χ0n) is 86.9. The maximum absolute atomic E-state index is 8.82. The number of rotatable bonds is 8. The Balaban J connectivity index is 0.000000141. The van der Waals surface area contributed by atoms with Gasteiger partial charge in [-0.05, 0) is 187 Å². The number of pyridine rings is 8. The quantitative estimate of drug-likeness (QED) is 0.138. The van der Waals surface area contributed by atoms with Crippen molar-refractivity contribution in [2.75, 3.05) is 0 Å². The normalized spacial score (nSPS) is 19.4. The largest absolute Gasteiger partial charge is 0.437 e. The van der Waals surface area contributed by atoms with Crippen LogP contribution in [0, 0.1) is 66.4 Å². The topological polar surface area (TPSA) is 120 Å². The molecule has 0 aliphatic heterocycles. The highest BCUT2D eigenvalue weighted by atomic mass is 16.4. The Hall–Kier alpha value is -10.7. The number of hydrogen-bond acceptors (Lipinski definition) is 8. The Morgan fingerprint density at radius 3 is 1.16 bits per heavy atom. The number of furan rings is 4. The van der Waals surface area contributed by atoms with Crippen LogP contribution in [0.3, 0.4) is 0 Å². The van der Waals surface area contributed by atoms with Crippen molar-refractivity contribution in [3.05, 3.63) is 238 Å². The summed E-state index contributed by atoms with van der Waals surface area (Å²) in [5.41, 5.74) is 16.0. The molecule has 0 radical (unpaired) electrons. The predicted molar refractivity (Wildman–Crippen MR) is 432 cm³/mol. The van der Waals surface area contributed by atoms with Crippen LogP contribution in [0.2, 0.25) is 0 Å². The smallest absolute Gasteiger partial charge is 0.227 e. The summed E-state index contributed by atoms with van der Waals surface area (Å²) in [5, 5.41) is 6.81. The monoisotopic (exact) mass is 1430 g/mol. The molecule has 2 atom stereocenters. The van der Waals surface area contributed by atoms with Gasteiger partial charge in [0.1, 0.15) is 28.2 Å². The van der Waals surface area contributed by atoms with Gasteiger partial charge in [-0.25, -0.2) is 38.2 Å². The Bertz CT molecular complexity index is 7160. The van der Waals surface area contributed by atoms with Gasteiger partial charge in [-0.1, -0.05) is 117 Å². The third-order valence-electron chi connectivity index (χ3n) is 19.5. The number of aryl methyl sites for hydroxylation is 12. The minimum Gasteiger partial charge on any atom is -0.437 e. The Morgan fingerprint density at radius 1 is 0.443 bits per heavy atom. The number of nitrogens with zero attached hydrogens (tertiary/aromatic N) is 8. The van der Waals surface area contributed by atoms with Crippen molar-refractivity contribution < 1.29 is 70.2 Å². The molecule has 0 bridgehead atoms. The van der Waals surface area contributed by atoms with Crippen LogP contribution in [-0.2, 0) is 46.4 Å². The number of fused-ring (bicyclic) bond motifs is 12. The highest BCUT2D eigenvalue weighted by Crippen LogP contribution is 2.43. The van der Waals surface area contributed by atoms with Crippen molar-refractivity contribution in [3.8, 4) is 45.0 Å². The molecule has 0 amide bonds. The van der Waals surface area contributed by atoms with Gasteiger partial charge in [0.2, 0.25) is 45.6 Å². The molecule has 0 saturated heterocycles. The Kier molecular flexibility index (Phi) is 12.9. The van der Waals surface area contributed by atoms with Crippen molar-refractivity contribution in [2.45, 2.75) is 160 Å². The van der Waals surface area contributed by atoms with Crippen LogP contribution < -0.4 is 18.3 Å². The van der Waals surface area contributed by atoms with E-state index in [1.165, 1.54) is 13.8 Å². The molecule has 12 aromatic heterocycles. The second-order valence-electron chi connectivity index (χ2n) is 29.2. The fourth-order valence-electron chi connectivity index (χ4n) is 14.3. The Labute approximate surface area is 658 Å². The molecule has 17 rings (SSSR count). The average molecular weight is 1430 g/mol. The molecular weight excluding hydrogens is 1310 g/mol. The lowest BCUT2D eigenvalue weighted by molar-refractivity contribution is -0.660. The summed E-state index contributed by atoms with van der Waals surface area (Å²) < 4.78 is 228. The van der Waals surface area contributed by atoms with E-state index in [0.717, 1.165) is 116 Å². The van der Waals surface area contributed by atoms with Crippen LogP contribution in [-0.4, -0.2) is 19.9 Å². The van der Waals surface area contributed by atoms with E-state index >= 15 is 0 Å². The van der Waals surface area contributed by atoms with E-state index in [2.05, 4.69) is 60.0 Å². The summed E-state index contributed by atoms with van der Waals surface area (Å²) in [5.74, 6) is -3.06. The molecule has 4 aromatic carbocycles. The van der Waals surface area contributed by atoms with Crippen molar-refractivity contribution in [1.29, 1.82) is 0 Å². The first-order valence-electron chi connectivity index (χ1n) is 47.8. The molecule has 12 nitrogen and oxygen atoms in total. The first-order valence-corrected chi connectivity index (χ1v) is 35.3. The molecule has 1 aliphatic carbocycles. The molecule has 0 spiro atoms. The van der Waals surface area contributed by atoms with Gasteiger partial charge in [-0.15, -0.1) is 0 Å². The summed E-state index contributed by atoms with van der Waals surface area (Å²) in [6, 6.07) is 44.2. The van der Waals surface area contributed by atoms with Crippen LogP contribution in [0.5, 0.6) is 0 Å². The standard InChI is InChI=1S/C24H25N2O.C24H27N2O.2C23H25N2O/c1-15-8-13-21(26(3)14-15)22-16(2)9-10-18-19-11-12-20(17-6-4-5-7-17)25-24(19)27-23(18)22;1-15-7-12-20(26(6)14-15)21-16(2)8-10-18-19-11-9-17(13-24(3,4)5)25-23(19)27-22(18)21;1-14-7-11-18(25(6)13-14)20-15(2)8-9-16-17-10-12-19(23(3,4)5)24-22(17)26-21(16)20;1-14(2)12-17-8-10-19-18-9-7-16(4)21(22(18)26-23(19)24-17)20-11-6-15(3)13-25(20)5/h8-14,17H,4-7H2,1-3H3;7-12,14H,13H2,1-6H3;7-13H,1-6H3;6-11,13-14H,12H2,1-5H3/q4*+1/i1D3,6D2,17D;1D3,3D3,4D3;1D3;1D3,3D3,14D. The molecule has 12 heteroatoms. The van der Waals surface area contributed by atoms with Gasteiger partial charge in [0.15, 0.2) is 47.1 Å². The molecule has 1 saturated carbocycles. The number of aromatic nitrogens is 8. The zero-order valence-corrected chi connectivity index (χ0v) is 61.9. The highest BCUT2D eigenvalue weighted by molar-refractivity contribution is 6.12. The van der Waals surface area contributed by atoms with E-state index in [0.29, 0.717) is 81.2 Å². The molecule has 1 fully saturated rings. The van der Waals surface area contributed by atoms with E-state index in [4.69, 9.17) is 56.9 Å². The highest BCUT2D eigenvalue weighted by Gasteiger charge is 2.28. The predicted octanol–water partition coefficient (Wildman–Crippen LogP) is 22.1. The first-order chi connectivity index (χ1) is 60.5. The maximum atomic E-state index is 8.82. The summed E-state index contributed by atoms with van der Waals surface area (Å²) in [7, 11) is 7.24. The molecule has 16 aromatic rings. The molecule has 2 unspecified atom stereocenters. The van der Waals surface area contributed by atoms with Gasteiger partial charge in [-0.3, -0.25) is 0 Å². The second kappa shape index (κ2) is 28.6. The lowest BCUT2D eigenvalue weighted by Gasteiger charge is -2.16. The second-order valence-corrected chi connectivity index (χ2v) is 29.2. The van der Waals surface area contributed by atoms with Gasteiger partial charge in [0, 0.05) is 158 Å². The average Bonchev–Trinajstić information content (AvgIpc) is 1.57. The first kappa shape index (κ1) is 47.7. The third-order valence-corrected chi connectivity index (χ3v) is 19.5. The molecule has 1 aliphatic rings. The minimum atomic E-state index is -2.72. The van der Waals surface area contributed by atoms with Crippen LogP contribution in [0.1, 0.15) is 188 Å². The van der Waals surface area contributed by atoms with Crippen LogP contribution >= 0.6 is 0 Å². The molecule has 0 N–H and O–H groups in total. The molecule has 12 heterocycles. The van der Waals surface area contributed by atoms with Crippen LogP contribution in [0.25, 0.3) is 133 Å². The van der Waals surface area contributed by atoms with E-state index in [-0.39, 0.29) is 40.7 Å². The molecule has 538 valence electrons. The van der Waals surface area contributed by atoms with Gasteiger partial charge in [0.05, 0.1) is 22.3 Å². The van der Waals surface area contributed by atoms with Crippen LogP contribution in [0.4, 0.5) is 0 Å². The van der Waals surface area contributed by atoms with E-state index in [1.54, 1.807) is 119 Å². The Morgan fingerprint density at radius 2 is 0.802 bits per heavy atom. The number of hydrogen-bond donors (Lipinski definition) is 0. The van der Waals surface area contributed by atoms with E-state index in [9.17, 15) is 0 Å². The summed E-state index contributed by atoms with van der Waals surface area (Å²) >= 11 is 0. The fourth-order valence-corrected chi connectivity index (χ4v) is 14.3. The fraction of sp³-hybridized carbons (Fsp3) is 0.319. The maximum Gasteiger partial charge on any atom is 0.227 e. The zero-order chi connectivity index (χ0) is 96.1. The van der Waals surface area contributed by atoms with Gasteiger partial charge >= 0.3 is 0 Å². The van der Waals surface area contributed by atoms with Gasteiger partial charge in [0.25, 0.3) is 0 Å². The third kappa shape index (κ3) is 14.3. The van der Waals surface area contributed by atoms with Crippen molar-refractivity contribution in [3.63, 3.8) is 0 Å². The molecule has 106 heavy (non-hydrogen) atoms.